The van der Waals surface area contributed by atoms with Gasteiger partial charge in [-0.05, 0) is 61.9 Å². The highest BCUT2D eigenvalue weighted by atomic mass is 32.2. The van der Waals surface area contributed by atoms with Crippen LogP contribution in [0.25, 0.3) is 22.9 Å². The summed E-state index contributed by atoms with van der Waals surface area (Å²) in [5.41, 5.74) is 1.91. The maximum Gasteiger partial charge on any atom is 0.338 e. The summed E-state index contributed by atoms with van der Waals surface area (Å²) in [7, 11) is 0. The molecule has 0 saturated carbocycles. The third-order valence-electron chi connectivity index (χ3n) is 4.75. The Morgan fingerprint density at radius 2 is 1.65 bits per heavy atom. The number of carbonyl (C=O) groups excluding carboxylic acids is 2. The molecule has 0 saturated heterocycles. The van der Waals surface area contributed by atoms with Gasteiger partial charge >= 0.3 is 5.97 Å². The number of ether oxygens (including phenoxy) is 1. The highest BCUT2D eigenvalue weighted by molar-refractivity contribution is 8.00. The van der Waals surface area contributed by atoms with Crippen molar-refractivity contribution in [2.24, 2.45) is 0 Å². The van der Waals surface area contributed by atoms with Crippen LogP contribution in [-0.2, 0) is 9.53 Å². The van der Waals surface area contributed by atoms with Crippen LogP contribution in [0.4, 0.5) is 5.69 Å². The van der Waals surface area contributed by atoms with E-state index in [1.165, 1.54) is 11.8 Å². The van der Waals surface area contributed by atoms with E-state index in [9.17, 15) is 9.59 Å². The highest BCUT2D eigenvalue weighted by Gasteiger charge is 2.23. The van der Waals surface area contributed by atoms with E-state index in [1.807, 2.05) is 6.92 Å². The second-order valence-corrected chi connectivity index (χ2v) is 8.22. The van der Waals surface area contributed by atoms with Gasteiger partial charge in [-0.25, -0.2) is 9.78 Å². The quantitative estimate of drug-likeness (QED) is 0.259. The van der Waals surface area contributed by atoms with Gasteiger partial charge < -0.3 is 18.9 Å². The molecule has 0 fully saturated rings. The second-order valence-electron chi connectivity index (χ2n) is 7.05. The van der Waals surface area contributed by atoms with E-state index < -0.39 is 11.2 Å². The van der Waals surface area contributed by atoms with E-state index in [1.54, 1.807) is 68.0 Å². The molecule has 3 heterocycles. The van der Waals surface area contributed by atoms with Crippen molar-refractivity contribution in [2.45, 2.75) is 30.7 Å². The Bertz CT molecular complexity index is 1240. The standard InChI is InChI=1S/C24H22N4O5S/c1-3-19(22(29)25-16-11-9-15(10-12-16)23(30)31-4-2)34-24-26-20(17-7-5-13-32-17)21(27-28-24)18-8-6-14-33-18/h5-14,19H,3-4H2,1-2H3,(H,25,29). The zero-order valence-electron chi connectivity index (χ0n) is 18.6. The third kappa shape index (κ3) is 5.34. The van der Waals surface area contributed by atoms with Crippen LogP contribution in [0.5, 0.6) is 0 Å². The van der Waals surface area contributed by atoms with Crippen molar-refractivity contribution < 1.29 is 23.2 Å². The number of nitrogens with zero attached hydrogens (tertiary/aromatic N) is 3. The molecule has 0 spiro atoms. The Morgan fingerprint density at radius 3 is 2.24 bits per heavy atom. The van der Waals surface area contributed by atoms with E-state index in [4.69, 9.17) is 13.6 Å². The van der Waals surface area contributed by atoms with Crippen LogP contribution in [0.3, 0.4) is 0 Å². The van der Waals surface area contributed by atoms with Crippen molar-refractivity contribution in [1.82, 2.24) is 15.2 Å². The Balaban J connectivity index is 1.50. The summed E-state index contributed by atoms with van der Waals surface area (Å²) in [6.45, 7) is 3.95. The molecule has 1 aromatic carbocycles. The molecule has 0 aliphatic heterocycles. The van der Waals surface area contributed by atoms with Gasteiger partial charge in [0.15, 0.2) is 17.2 Å². The number of carbonyl (C=O) groups is 2. The monoisotopic (exact) mass is 478 g/mol. The van der Waals surface area contributed by atoms with Gasteiger partial charge in [0, 0.05) is 5.69 Å². The SMILES string of the molecule is CCOC(=O)c1ccc(NC(=O)C(CC)Sc2nnc(-c3ccco3)c(-c3ccco3)n2)cc1. The van der Waals surface area contributed by atoms with Crippen LogP contribution in [0, 0.1) is 0 Å². The molecule has 174 valence electrons. The molecule has 10 heteroatoms. The van der Waals surface area contributed by atoms with Gasteiger partial charge in [-0.1, -0.05) is 18.7 Å². The smallest absolute Gasteiger partial charge is 0.338 e. The van der Waals surface area contributed by atoms with Gasteiger partial charge in [0.2, 0.25) is 11.1 Å². The molecule has 1 atom stereocenters. The molecule has 4 rings (SSSR count). The van der Waals surface area contributed by atoms with Crippen LogP contribution < -0.4 is 5.32 Å². The molecule has 1 unspecified atom stereocenters. The first-order valence-electron chi connectivity index (χ1n) is 10.7. The average Bonchev–Trinajstić information content (AvgIpc) is 3.58. The van der Waals surface area contributed by atoms with Crippen molar-refractivity contribution in [3.8, 4) is 22.9 Å². The number of rotatable bonds is 9. The minimum Gasteiger partial charge on any atom is -0.463 e. The van der Waals surface area contributed by atoms with Gasteiger partial charge in [-0.15, -0.1) is 10.2 Å². The van der Waals surface area contributed by atoms with Crippen LogP contribution in [0.2, 0.25) is 0 Å². The molecule has 0 aliphatic rings. The van der Waals surface area contributed by atoms with Crippen molar-refractivity contribution >= 4 is 29.3 Å². The number of thioether (sulfide) groups is 1. The molecule has 3 aromatic heterocycles. The fourth-order valence-electron chi connectivity index (χ4n) is 3.10. The number of aromatic nitrogens is 3. The number of amides is 1. The first kappa shape index (κ1) is 23.2. The Labute approximate surface area is 199 Å². The average molecular weight is 479 g/mol. The molecular weight excluding hydrogens is 456 g/mol. The maximum absolute atomic E-state index is 12.9. The van der Waals surface area contributed by atoms with Crippen LogP contribution in [0.1, 0.15) is 30.6 Å². The summed E-state index contributed by atoms with van der Waals surface area (Å²) in [5.74, 6) is 0.411. The molecule has 1 amide bonds. The fraction of sp³-hybridized carbons (Fsp3) is 0.208. The van der Waals surface area contributed by atoms with E-state index in [0.717, 1.165) is 0 Å². The molecule has 0 bridgehead atoms. The number of furan rings is 2. The zero-order chi connectivity index (χ0) is 23.9. The molecule has 34 heavy (non-hydrogen) atoms. The summed E-state index contributed by atoms with van der Waals surface area (Å²) in [6, 6.07) is 13.6. The molecular formula is C24H22N4O5S. The summed E-state index contributed by atoms with van der Waals surface area (Å²) < 4.78 is 16.0. The number of nitrogens with one attached hydrogen (secondary N) is 1. The number of hydrogen-bond donors (Lipinski definition) is 1. The first-order chi connectivity index (χ1) is 16.6. The van der Waals surface area contributed by atoms with E-state index in [-0.39, 0.29) is 5.91 Å². The summed E-state index contributed by atoms with van der Waals surface area (Å²) in [5, 5.41) is 11.2. The number of esters is 1. The molecule has 1 N–H and O–H groups in total. The van der Waals surface area contributed by atoms with Gasteiger partial charge in [-0.3, -0.25) is 4.79 Å². The Hall–Kier alpha value is -3.92. The lowest BCUT2D eigenvalue weighted by Crippen LogP contribution is -2.25. The zero-order valence-corrected chi connectivity index (χ0v) is 19.4. The Morgan fingerprint density at radius 1 is 0.971 bits per heavy atom. The third-order valence-corrected chi connectivity index (χ3v) is 5.97. The molecule has 4 aromatic rings. The Kier molecular flexibility index (Phi) is 7.38. The van der Waals surface area contributed by atoms with E-state index in [0.29, 0.717) is 52.3 Å². The fourth-order valence-corrected chi connectivity index (χ4v) is 3.92. The van der Waals surface area contributed by atoms with Gasteiger partial charge in [0.25, 0.3) is 0 Å². The van der Waals surface area contributed by atoms with Gasteiger partial charge in [0.05, 0.1) is 29.9 Å². The first-order valence-corrected chi connectivity index (χ1v) is 11.5. The minimum absolute atomic E-state index is 0.213. The van der Waals surface area contributed by atoms with E-state index >= 15 is 0 Å². The second kappa shape index (κ2) is 10.8. The maximum atomic E-state index is 12.9. The number of hydrogen-bond acceptors (Lipinski definition) is 9. The predicted octanol–water partition coefficient (Wildman–Crippen LogP) is 5.08. The summed E-state index contributed by atoms with van der Waals surface area (Å²) >= 11 is 1.20. The lowest BCUT2D eigenvalue weighted by atomic mass is 10.2. The minimum atomic E-state index is -0.467. The van der Waals surface area contributed by atoms with Crippen molar-refractivity contribution in [3.05, 3.63) is 66.6 Å². The van der Waals surface area contributed by atoms with E-state index in [2.05, 4.69) is 20.5 Å². The highest BCUT2D eigenvalue weighted by Crippen LogP contribution is 2.32. The molecule has 0 aliphatic carbocycles. The predicted molar refractivity (Wildman–Crippen MR) is 126 cm³/mol. The van der Waals surface area contributed by atoms with Gasteiger partial charge in [0.1, 0.15) is 5.69 Å². The van der Waals surface area contributed by atoms with Crippen LogP contribution in [0.15, 0.2) is 75.0 Å². The lowest BCUT2D eigenvalue weighted by Gasteiger charge is -2.14. The molecule has 9 nitrogen and oxygen atoms in total. The van der Waals surface area contributed by atoms with Crippen LogP contribution >= 0.6 is 11.8 Å². The lowest BCUT2D eigenvalue weighted by molar-refractivity contribution is -0.115. The van der Waals surface area contributed by atoms with Crippen molar-refractivity contribution in [3.63, 3.8) is 0 Å². The van der Waals surface area contributed by atoms with Crippen molar-refractivity contribution in [1.29, 1.82) is 0 Å². The van der Waals surface area contributed by atoms with Crippen molar-refractivity contribution in [2.75, 3.05) is 11.9 Å². The van der Waals surface area contributed by atoms with Gasteiger partial charge in [-0.2, -0.15) is 0 Å². The topological polar surface area (TPSA) is 120 Å². The largest absolute Gasteiger partial charge is 0.463 e. The number of benzene rings is 1. The van der Waals surface area contributed by atoms with Crippen LogP contribution in [-0.4, -0.2) is 38.9 Å². The summed E-state index contributed by atoms with van der Waals surface area (Å²) in [6.07, 6.45) is 3.63. The normalized spacial score (nSPS) is 11.7. The molecule has 0 radical (unpaired) electrons. The summed E-state index contributed by atoms with van der Waals surface area (Å²) in [4.78, 5) is 29.3. The number of anilines is 1.